The Kier molecular flexibility index (Phi) is 10.2. The lowest BCUT2D eigenvalue weighted by Crippen LogP contribution is -2.58. The SMILES string of the molecule is CC(C)CC(NC(=O)C(Cc1cnc[nH]1)NC(=O)C(N)CO)C(=O)NC(Cc1c[nH]c2ccccc12)C(=O)O. The molecule has 0 aliphatic heterocycles. The average molecular weight is 542 g/mol. The zero-order valence-electron chi connectivity index (χ0n) is 21.8. The van der Waals surface area contributed by atoms with E-state index in [4.69, 9.17) is 5.73 Å². The maximum Gasteiger partial charge on any atom is 0.326 e. The number of aliphatic carboxylic acids is 1. The van der Waals surface area contributed by atoms with Crippen LogP contribution < -0.4 is 21.7 Å². The number of imidazole rings is 1. The number of fused-ring (bicyclic) bond motifs is 1. The normalized spacial score (nSPS) is 14.4. The minimum atomic E-state index is -1.24. The number of nitrogens with zero attached hydrogens (tertiary/aromatic N) is 1. The maximum absolute atomic E-state index is 13.3. The number of aliphatic hydroxyl groups excluding tert-OH is 1. The number of carboxylic acids is 1. The molecule has 210 valence electrons. The Labute approximate surface area is 225 Å². The summed E-state index contributed by atoms with van der Waals surface area (Å²) in [5, 5.41) is 27.6. The van der Waals surface area contributed by atoms with Gasteiger partial charge in [-0.15, -0.1) is 0 Å². The number of aromatic nitrogens is 3. The summed E-state index contributed by atoms with van der Waals surface area (Å²) in [6, 6.07) is 2.73. The van der Waals surface area contributed by atoms with Crippen molar-refractivity contribution >= 4 is 34.6 Å². The van der Waals surface area contributed by atoms with Gasteiger partial charge in [-0.1, -0.05) is 32.0 Å². The Bertz CT molecular complexity index is 1270. The van der Waals surface area contributed by atoms with Crippen LogP contribution in [0.25, 0.3) is 10.9 Å². The van der Waals surface area contributed by atoms with Crippen LogP contribution in [0.15, 0.2) is 43.0 Å². The van der Waals surface area contributed by atoms with Crippen molar-refractivity contribution in [1.82, 2.24) is 30.9 Å². The second-order valence-corrected chi connectivity index (χ2v) is 9.78. The fraction of sp³-hybridized carbons (Fsp3) is 0.423. The quantitative estimate of drug-likeness (QED) is 0.134. The van der Waals surface area contributed by atoms with Gasteiger partial charge in [-0.05, 0) is 24.0 Å². The van der Waals surface area contributed by atoms with Crippen LogP contribution in [0.1, 0.15) is 31.5 Å². The van der Waals surface area contributed by atoms with Crippen molar-refractivity contribution in [3.05, 3.63) is 54.2 Å². The highest BCUT2D eigenvalue weighted by Crippen LogP contribution is 2.19. The number of aromatic amines is 2. The van der Waals surface area contributed by atoms with Crippen molar-refractivity contribution in [2.45, 2.75) is 57.3 Å². The minimum Gasteiger partial charge on any atom is -0.480 e. The number of para-hydroxylation sites is 1. The van der Waals surface area contributed by atoms with E-state index in [9.17, 15) is 29.4 Å². The molecular weight excluding hydrogens is 506 g/mol. The van der Waals surface area contributed by atoms with Crippen molar-refractivity contribution in [2.24, 2.45) is 11.7 Å². The van der Waals surface area contributed by atoms with E-state index < -0.39 is 54.5 Å². The molecule has 1 aromatic carbocycles. The second-order valence-electron chi connectivity index (χ2n) is 9.78. The number of hydrogen-bond donors (Lipinski definition) is 8. The standard InChI is InChI=1S/C26H35N7O6/c1-14(2)7-20(32-25(37)21(9-16-11-28-13-30-16)31-23(35)18(27)12-34)24(36)33-22(26(38)39)8-15-10-29-19-6-4-3-5-17(15)19/h3-6,10-11,13-14,18,20-22,29,34H,7-9,12,27H2,1-2H3,(H,28,30)(H,31,35)(H,32,37)(H,33,36)(H,38,39). The van der Waals surface area contributed by atoms with E-state index in [1.54, 1.807) is 6.20 Å². The fourth-order valence-electron chi connectivity index (χ4n) is 4.16. The lowest BCUT2D eigenvalue weighted by atomic mass is 10.0. The molecule has 2 aromatic heterocycles. The minimum absolute atomic E-state index is 0.0179. The van der Waals surface area contributed by atoms with Gasteiger partial charge in [0.25, 0.3) is 0 Å². The summed E-state index contributed by atoms with van der Waals surface area (Å²) in [7, 11) is 0. The first-order valence-corrected chi connectivity index (χ1v) is 12.6. The van der Waals surface area contributed by atoms with E-state index >= 15 is 0 Å². The van der Waals surface area contributed by atoms with Crippen molar-refractivity contribution in [2.75, 3.05) is 6.61 Å². The van der Waals surface area contributed by atoms with Gasteiger partial charge in [-0.3, -0.25) is 14.4 Å². The van der Waals surface area contributed by atoms with Gasteiger partial charge in [-0.25, -0.2) is 9.78 Å². The maximum atomic E-state index is 13.3. The number of amides is 3. The molecule has 13 heteroatoms. The van der Waals surface area contributed by atoms with Gasteiger partial charge in [-0.2, -0.15) is 0 Å². The molecule has 0 radical (unpaired) electrons. The summed E-state index contributed by atoms with van der Waals surface area (Å²) < 4.78 is 0. The molecule has 4 atom stereocenters. The van der Waals surface area contributed by atoms with Gasteiger partial charge >= 0.3 is 5.97 Å². The number of rotatable bonds is 14. The summed E-state index contributed by atoms with van der Waals surface area (Å²) in [6.45, 7) is 3.10. The van der Waals surface area contributed by atoms with Crippen LogP contribution in [0.4, 0.5) is 0 Å². The van der Waals surface area contributed by atoms with Crippen LogP contribution in [0.5, 0.6) is 0 Å². The van der Waals surface area contributed by atoms with E-state index in [0.717, 1.165) is 16.5 Å². The number of carbonyl (C=O) groups excluding carboxylic acids is 3. The Balaban J connectivity index is 1.76. The van der Waals surface area contributed by atoms with E-state index in [1.807, 2.05) is 38.1 Å². The molecule has 0 saturated carbocycles. The van der Waals surface area contributed by atoms with Gasteiger partial charge in [0.05, 0.1) is 12.9 Å². The predicted octanol–water partition coefficient (Wildman–Crippen LogP) is -0.419. The molecule has 0 spiro atoms. The van der Waals surface area contributed by atoms with Crippen LogP contribution in [-0.4, -0.2) is 79.6 Å². The Hall–Kier alpha value is -4.23. The van der Waals surface area contributed by atoms with Gasteiger partial charge < -0.3 is 41.9 Å². The van der Waals surface area contributed by atoms with Crippen molar-refractivity contribution in [1.29, 1.82) is 0 Å². The largest absolute Gasteiger partial charge is 0.480 e. The Morgan fingerprint density at radius 2 is 1.62 bits per heavy atom. The van der Waals surface area contributed by atoms with Crippen LogP contribution >= 0.6 is 0 Å². The zero-order valence-corrected chi connectivity index (χ0v) is 21.8. The summed E-state index contributed by atoms with van der Waals surface area (Å²) >= 11 is 0. The van der Waals surface area contributed by atoms with Crippen LogP contribution in [0.2, 0.25) is 0 Å². The molecule has 0 fully saturated rings. The molecule has 4 unspecified atom stereocenters. The number of H-pyrrole nitrogens is 2. The Morgan fingerprint density at radius 3 is 2.26 bits per heavy atom. The van der Waals surface area contributed by atoms with Crippen molar-refractivity contribution in [3.63, 3.8) is 0 Å². The number of carboxylic acid groups (broad SMARTS) is 1. The first-order valence-electron chi connectivity index (χ1n) is 12.6. The van der Waals surface area contributed by atoms with Gasteiger partial charge in [0.1, 0.15) is 24.2 Å². The van der Waals surface area contributed by atoms with Crippen LogP contribution in [-0.2, 0) is 32.0 Å². The summed E-state index contributed by atoms with van der Waals surface area (Å²) in [4.78, 5) is 60.8. The van der Waals surface area contributed by atoms with Gasteiger partial charge in [0.15, 0.2) is 0 Å². The van der Waals surface area contributed by atoms with Crippen molar-refractivity contribution < 1.29 is 29.4 Å². The third-order valence-electron chi connectivity index (χ3n) is 6.20. The molecule has 2 heterocycles. The summed E-state index contributed by atoms with van der Waals surface area (Å²) in [5.41, 5.74) is 7.71. The van der Waals surface area contributed by atoms with Crippen LogP contribution in [0.3, 0.4) is 0 Å². The number of nitrogens with two attached hydrogens (primary N) is 1. The highest BCUT2D eigenvalue weighted by molar-refractivity contribution is 5.94. The molecule has 39 heavy (non-hydrogen) atoms. The number of hydrogen-bond acceptors (Lipinski definition) is 7. The molecule has 0 saturated heterocycles. The first kappa shape index (κ1) is 29.3. The molecule has 9 N–H and O–H groups in total. The van der Waals surface area contributed by atoms with Crippen LogP contribution in [0, 0.1) is 5.92 Å². The fourth-order valence-corrected chi connectivity index (χ4v) is 4.16. The lowest BCUT2D eigenvalue weighted by molar-refractivity contribution is -0.142. The number of benzene rings is 1. The molecule has 13 nitrogen and oxygen atoms in total. The molecule has 0 bridgehead atoms. The highest BCUT2D eigenvalue weighted by atomic mass is 16.4. The van der Waals surface area contributed by atoms with Gasteiger partial charge in [0, 0.05) is 41.8 Å². The van der Waals surface area contributed by atoms with Gasteiger partial charge in [0.2, 0.25) is 17.7 Å². The zero-order chi connectivity index (χ0) is 28.5. The molecular formula is C26H35N7O6. The first-order chi connectivity index (χ1) is 18.6. The lowest BCUT2D eigenvalue weighted by Gasteiger charge is -2.26. The monoisotopic (exact) mass is 541 g/mol. The van der Waals surface area contributed by atoms with Crippen molar-refractivity contribution in [3.8, 4) is 0 Å². The third kappa shape index (κ3) is 8.12. The smallest absolute Gasteiger partial charge is 0.326 e. The molecule has 3 rings (SSSR count). The molecule has 0 aliphatic rings. The summed E-state index contributed by atoms with van der Waals surface area (Å²) in [5.74, 6) is -3.32. The average Bonchev–Trinajstić information content (AvgIpc) is 3.56. The third-order valence-corrected chi connectivity index (χ3v) is 6.20. The number of nitrogens with one attached hydrogen (secondary N) is 5. The van der Waals surface area contributed by atoms with E-state index in [2.05, 4.69) is 30.9 Å². The van der Waals surface area contributed by atoms with E-state index in [0.29, 0.717) is 5.69 Å². The number of carbonyl (C=O) groups is 4. The molecule has 0 aliphatic carbocycles. The molecule has 3 amide bonds. The van der Waals surface area contributed by atoms with E-state index in [-0.39, 0.29) is 25.2 Å². The summed E-state index contributed by atoms with van der Waals surface area (Å²) in [6.07, 6.45) is 4.88. The Morgan fingerprint density at radius 1 is 0.949 bits per heavy atom. The number of aliphatic hydroxyl groups is 1. The van der Waals surface area contributed by atoms with E-state index in [1.165, 1.54) is 12.5 Å². The molecule has 3 aromatic rings. The second kappa shape index (κ2) is 13.5. The predicted molar refractivity (Wildman–Crippen MR) is 142 cm³/mol. The topological polar surface area (TPSA) is 215 Å². The highest BCUT2D eigenvalue weighted by Gasteiger charge is 2.31.